The molecule has 2 fully saturated rings. The molecule has 2 heterocycles. The lowest BCUT2D eigenvalue weighted by Gasteiger charge is -2.47. The number of ether oxygens (including phenoxy) is 1. The number of hydrogen-bond acceptors (Lipinski definition) is 3. The zero-order chi connectivity index (χ0) is 10.7. The van der Waals surface area contributed by atoms with E-state index in [1.165, 1.54) is 38.9 Å². The number of hydrogen-bond donors (Lipinski definition) is 0. The fraction of sp³-hybridized carbons (Fsp3) is 1.00. The number of piperidine rings is 1. The Balaban J connectivity index is 1.87. The van der Waals surface area contributed by atoms with Gasteiger partial charge in [-0.05, 0) is 26.3 Å². The highest BCUT2D eigenvalue weighted by Gasteiger charge is 2.32. The van der Waals surface area contributed by atoms with E-state index < -0.39 is 0 Å². The molecule has 0 aromatic heterocycles. The maximum Gasteiger partial charge on any atom is 0.0589 e. The minimum atomic E-state index is 0.703. The summed E-state index contributed by atoms with van der Waals surface area (Å²) in [5.41, 5.74) is 0. The van der Waals surface area contributed by atoms with Gasteiger partial charge in [0.05, 0.1) is 6.61 Å². The highest BCUT2D eigenvalue weighted by atomic mass is 16.5. The number of piperazine rings is 1. The minimum Gasteiger partial charge on any atom is -0.383 e. The Morgan fingerprint density at radius 2 is 2.13 bits per heavy atom. The van der Waals surface area contributed by atoms with Crippen molar-refractivity contribution < 1.29 is 4.74 Å². The quantitative estimate of drug-likeness (QED) is 0.699. The van der Waals surface area contributed by atoms with Gasteiger partial charge in [-0.3, -0.25) is 9.80 Å². The molecule has 2 aliphatic heterocycles. The molecule has 88 valence electrons. The third-order valence-electron chi connectivity index (χ3n) is 3.90. The lowest BCUT2D eigenvalue weighted by Crippen LogP contribution is -2.59. The first-order valence-electron chi connectivity index (χ1n) is 6.28. The van der Waals surface area contributed by atoms with Crippen molar-refractivity contribution in [2.75, 3.05) is 39.9 Å². The second-order valence-corrected chi connectivity index (χ2v) is 4.98. The van der Waals surface area contributed by atoms with Crippen LogP contribution in [-0.4, -0.2) is 61.8 Å². The van der Waals surface area contributed by atoms with E-state index >= 15 is 0 Å². The Hall–Kier alpha value is -0.120. The number of rotatable bonds is 3. The van der Waals surface area contributed by atoms with Crippen molar-refractivity contribution >= 4 is 0 Å². The van der Waals surface area contributed by atoms with Gasteiger partial charge < -0.3 is 4.74 Å². The van der Waals surface area contributed by atoms with E-state index in [2.05, 4.69) is 16.7 Å². The summed E-state index contributed by atoms with van der Waals surface area (Å²) in [5, 5.41) is 0. The predicted octanol–water partition coefficient (Wildman–Crippen LogP) is 1.19. The van der Waals surface area contributed by atoms with E-state index in [1.54, 1.807) is 7.11 Å². The van der Waals surface area contributed by atoms with Gasteiger partial charge in [0.15, 0.2) is 0 Å². The predicted molar refractivity (Wildman–Crippen MR) is 62.1 cm³/mol. The van der Waals surface area contributed by atoms with Crippen LogP contribution in [0.25, 0.3) is 0 Å². The van der Waals surface area contributed by atoms with Crippen molar-refractivity contribution in [3.8, 4) is 0 Å². The van der Waals surface area contributed by atoms with Gasteiger partial charge in [-0.25, -0.2) is 0 Å². The van der Waals surface area contributed by atoms with Gasteiger partial charge in [-0.2, -0.15) is 0 Å². The summed E-state index contributed by atoms with van der Waals surface area (Å²) in [6, 6.07) is 1.53. The summed E-state index contributed by atoms with van der Waals surface area (Å²) < 4.78 is 5.17. The van der Waals surface area contributed by atoms with Gasteiger partial charge >= 0.3 is 0 Å². The first-order chi connectivity index (χ1) is 7.31. The number of nitrogens with zero attached hydrogens (tertiary/aromatic N) is 2. The topological polar surface area (TPSA) is 15.7 Å². The van der Waals surface area contributed by atoms with Gasteiger partial charge in [0.1, 0.15) is 0 Å². The molecule has 0 spiro atoms. The average Bonchev–Trinajstić information content (AvgIpc) is 2.26. The summed E-state index contributed by atoms with van der Waals surface area (Å²) in [4.78, 5) is 5.29. The Labute approximate surface area is 93.4 Å². The first-order valence-corrected chi connectivity index (χ1v) is 6.28. The molecule has 0 aromatic carbocycles. The van der Waals surface area contributed by atoms with E-state index in [9.17, 15) is 0 Å². The molecule has 2 unspecified atom stereocenters. The third kappa shape index (κ3) is 2.71. The summed E-state index contributed by atoms with van der Waals surface area (Å²) in [6.07, 6.45) is 4.23. The Morgan fingerprint density at radius 3 is 2.93 bits per heavy atom. The lowest BCUT2D eigenvalue weighted by molar-refractivity contribution is 0.00425. The smallest absolute Gasteiger partial charge is 0.0589 e. The molecule has 0 aliphatic carbocycles. The molecule has 0 saturated carbocycles. The first kappa shape index (κ1) is 11.4. The van der Waals surface area contributed by atoms with Crippen LogP contribution in [0.4, 0.5) is 0 Å². The van der Waals surface area contributed by atoms with E-state index in [0.29, 0.717) is 6.04 Å². The molecule has 0 amide bonds. The van der Waals surface area contributed by atoms with Crippen LogP contribution in [0, 0.1) is 0 Å². The third-order valence-corrected chi connectivity index (χ3v) is 3.90. The van der Waals surface area contributed by atoms with Crippen molar-refractivity contribution in [3.63, 3.8) is 0 Å². The molecule has 2 aliphatic rings. The Kier molecular flexibility index (Phi) is 4.00. The fourth-order valence-electron chi connectivity index (χ4n) is 2.93. The number of methoxy groups -OCH3 is 1. The van der Waals surface area contributed by atoms with Crippen LogP contribution < -0.4 is 0 Å². The standard InChI is InChI=1S/C12H24N2O/c1-11-9-14-6-4-3-5-12(14)10-13(11)7-8-15-2/h11-12H,3-10H2,1-2H3. The van der Waals surface area contributed by atoms with Crippen molar-refractivity contribution in [1.29, 1.82) is 0 Å². The molecule has 2 atom stereocenters. The van der Waals surface area contributed by atoms with Crippen LogP contribution in [0.1, 0.15) is 26.2 Å². The maximum atomic E-state index is 5.17. The van der Waals surface area contributed by atoms with Gasteiger partial charge in [0, 0.05) is 38.8 Å². The molecule has 0 bridgehead atoms. The van der Waals surface area contributed by atoms with Crippen molar-refractivity contribution in [1.82, 2.24) is 9.80 Å². The van der Waals surface area contributed by atoms with Crippen molar-refractivity contribution in [2.45, 2.75) is 38.3 Å². The van der Waals surface area contributed by atoms with Crippen molar-refractivity contribution in [3.05, 3.63) is 0 Å². The van der Waals surface area contributed by atoms with Gasteiger partial charge in [0.25, 0.3) is 0 Å². The van der Waals surface area contributed by atoms with E-state index in [-0.39, 0.29) is 0 Å². The highest BCUT2D eigenvalue weighted by molar-refractivity contribution is 4.88. The van der Waals surface area contributed by atoms with Gasteiger partial charge in [-0.1, -0.05) is 6.42 Å². The fourth-order valence-corrected chi connectivity index (χ4v) is 2.93. The summed E-state index contributed by atoms with van der Waals surface area (Å²) >= 11 is 0. The summed E-state index contributed by atoms with van der Waals surface area (Å²) in [7, 11) is 1.79. The summed E-state index contributed by atoms with van der Waals surface area (Å²) in [5.74, 6) is 0. The molecule has 2 rings (SSSR count). The highest BCUT2D eigenvalue weighted by Crippen LogP contribution is 2.23. The average molecular weight is 212 g/mol. The van der Waals surface area contributed by atoms with Crippen LogP contribution in [0.3, 0.4) is 0 Å². The molecular weight excluding hydrogens is 188 g/mol. The molecular formula is C12H24N2O. The zero-order valence-corrected chi connectivity index (χ0v) is 10.1. The molecule has 0 radical (unpaired) electrons. The molecule has 0 N–H and O–H groups in total. The molecule has 0 aromatic rings. The van der Waals surface area contributed by atoms with E-state index in [1.807, 2.05) is 0 Å². The molecule has 3 heteroatoms. The van der Waals surface area contributed by atoms with Crippen LogP contribution >= 0.6 is 0 Å². The van der Waals surface area contributed by atoms with Crippen LogP contribution in [0.15, 0.2) is 0 Å². The Morgan fingerprint density at radius 1 is 1.27 bits per heavy atom. The Bertz CT molecular complexity index is 198. The van der Waals surface area contributed by atoms with Crippen LogP contribution in [0.2, 0.25) is 0 Å². The van der Waals surface area contributed by atoms with Gasteiger partial charge in [0.2, 0.25) is 0 Å². The number of fused-ring (bicyclic) bond motifs is 1. The molecule has 3 nitrogen and oxygen atoms in total. The lowest BCUT2D eigenvalue weighted by atomic mass is 9.97. The maximum absolute atomic E-state index is 5.17. The van der Waals surface area contributed by atoms with E-state index in [0.717, 1.165) is 19.2 Å². The van der Waals surface area contributed by atoms with Crippen LogP contribution in [-0.2, 0) is 4.74 Å². The minimum absolute atomic E-state index is 0.703. The largest absolute Gasteiger partial charge is 0.383 e. The van der Waals surface area contributed by atoms with Crippen LogP contribution in [0.5, 0.6) is 0 Å². The van der Waals surface area contributed by atoms with E-state index in [4.69, 9.17) is 4.74 Å². The van der Waals surface area contributed by atoms with Gasteiger partial charge in [-0.15, -0.1) is 0 Å². The second kappa shape index (κ2) is 5.28. The summed E-state index contributed by atoms with van der Waals surface area (Å²) in [6.45, 7) is 8.16. The van der Waals surface area contributed by atoms with Crippen molar-refractivity contribution in [2.24, 2.45) is 0 Å². The SMILES string of the molecule is COCCN1CC2CCCCN2CC1C. The molecule has 15 heavy (non-hydrogen) atoms. The zero-order valence-electron chi connectivity index (χ0n) is 10.1. The second-order valence-electron chi connectivity index (χ2n) is 4.98. The monoisotopic (exact) mass is 212 g/mol. The molecule has 2 saturated heterocycles. The normalized spacial score (nSPS) is 34.0.